The van der Waals surface area contributed by atoms with Gasteiger partial charge in [0.1, 0.15) is 11.5 Å². The molecule has 0 aromatic heterocycles. The molecule has 2 atom stereocenters. The molecule has 1 heterocycles. The van der Waals surface area contributed by atoms with Gasteiger partial charge in [-0.1, -0.05) is 43.3 Å². The first-order valence-corrected chi connectivity index (χ1v) is 8.01. The van der Waals surface area contributed by atoms with E-state index in [1.54, 1.807) is 0 Å². The number of para-hydroxylation sites is 2. The number of hydrogen-bond acceptors (Lipinski definition) is 3. The fraction of sp³-hybridized carbons (Fsp3) is 0.316. The lowest BCUT2D eigenvalue weighted by Crippen LogP contribution is -2.41. The van der Waals surface area contributed by atoms with Crippen molar-refractivity contribution in [3.63, 3.8) is 0 Å². The molecule has 0 fully saturated rings. The van der Waals surface area contributed by atoms with Crippen LogP contribution in [-0.2, 0) is 4.79 Å². The van der Waals surface area contributed by atoms with Crippen molar-refractivity contribution in [2.45, 2.75) is 31.9 Å². The largest absolute Gasteiger partial charge is 0.493 e. The van der Waals surface area contributed by atoms with E-state index >= 15 is 0 Å². The Morgan fingerprint density at radius 2 is 1.96 bits per heavy atom. The second-order valence-corrected chi connectivity index (χ2v) is 5.56. The second kappa shape index (κ2) is 7.18. The van der Waals surface area contributed by atoms with Crippen LogP contribution in [0.2, 0.25) is 0 Å². The van der Waals surface area contributed by atoms with Crippen molar-refractivity contribution >= 4 is 5.91 Å². The molecule has 0 aliphatic carbocycles. The Morgan fingerprint density at radius 3 is 2.74 bits per heavy atom. The highest BCUT2D eigenvalue weighted by atomic mass is 16.5. The molecule has 3 rings (SSSR count). The number of benzene rings is 2. The highest BCUT2D eigenvalue weighted by molar-refractivity contribution is 5.81. The summed E-state index contributed by atoms with van der Waals surface area (Å²) in [6, 6.07) is 17.3. The van der Waals surface area contributed by atoms with Gasteiger partial charge in [0.05, 0.1) is 12.6 Å². The van der Waals surface area contributed by atoms with Crippen molar-refractivity contribution in [3.05, 3.63) is 60.2 Å². The molecule has 1 amide bonds. The summed E-state index contributed by atoms with van der Waals surface area (Å²) < 4.78 is 11.4. The number of carbonyl (C=O) groups excluding carboxylic acids is 1. The van der Waals surface area contributed by atoms with Crippen molar-refractivity contribution < 1.29 is 14.3 Å². The van der Waals surface area contributed by atoms with E-state index < -0.39 is 6.10 Å². The molecule has 120 valence electrons. The molecule has 0 bridgehead atoms. The van der Waals surface area contributed by atoms with Gasteiger partial charge in [-0.2, -0.15) is 0 Å². The Hall–Kier alpha value is -2.49. The maximum atomic E-state index is 12.6. The maximum Gasteiger partial charge on any atom is 0.261 e. The average Bonchev–Trinajstić information content (AvgIpc) is 2.61. The molecule has 1 aliphatic rings. The zero-order chi connectivity index (χ0) is 16.1. The monoisotopic (exact) mass is 311 g/mol. The molecular weight excluding hydrogens is 290 g/mol. The quantitative estimate of drug-likeness (QED) is 0.919. The molecule has 1 N–H and O–H groups in total. The van der Waals surface area contributed by atoms with Crippen LogP contribution >= 0.6 is 0 Å². The van der Waals surface area contributed by atoms with Crippen LogP contribution < -0.4 is 14.8 Å². The van der Waals surface area contributed by atoms with Crippen LogP contribution in [-0.4, -0.2) is 18.6 Å². The van der Waals surface area contributed by atoms with Crippen molar-refractivity contribution in [1.82, 2.24) is 5.32 Å². The fourth-order valence-electron chi connectivity index (χ4n) is 2.74. The van der Waals surface area contributed by atoms with Crippen molar-refractivity contribution in [2.24, 2.45) is 0 Å². The molecule has 2 aromatic rings. The van der Waals surface area contributed by atoms with Crippen LogP contribution in [0.3, 0.4) is 0 Å². The molecule has 2 aromatic carbocycles. The first-order valence-electron chi connectivity index (χ1n) is 8.01. The third-order valence-corrected chi connectivity index (χ3v) is 3.96. The number of amides is 1. The van der Waals surface area contributed by atoms with Gasteiger partial charge in [-0.3, -0.25) is 4.79 Å². The molecule has 0 saturated carbocycles. The van der Waals surface area contributed by atoms with Gasteiger partial charge >= 0.3 is 0 Å². The number of carbonyl (C=O) groups is 1. The van der Waals surface area contributed by atoms with E-state index in [1.807, 2.05) is 61.5 Å². The van der Waals surface area contributed by atoms with Gasteiger partial charge in [0.15, 0.2) is 6.10 Å². The standard InChI is InChI=1S/C19H21NO3/c1-2-17(23-14-8-4-3-5-9-14)19(21)20-16-12-13-22-18-11-7-6-10-15(16)18/h3-11,16-17H,2,12-13H2,1H3,(H,20,21)/t16-,17+/m1/s1. The van der Waals surface area contributed by atoms with Crippen molar-refractivity contribution in [1.29, 1.82) is 0 Å². The van der Waals surface area contributed by atoms with Gasteiger partial charge in [-0.05, 0) is 24.6 Å². The summed E-state index contributed by atoms with van der Waals surface area (Å²) in [6.45, 7) is 2.56. The zero-order valence-electron chi connectivity index (χ0n) is 13.2. The molecule has 0 unspecified atom stereocenters. The van der Waals surface area contributed by atoms with E-state index in [9.17, 15) is 4.79 Å². The summed E-state index contributed by atoms with van der Waals surface area (Å²) in [5.41, 5.74) is 1.03. The van der Waals surface area contributed by atoms with Crippen LogP contribution in [0.15, 0.2) is 54.6 Å². The first-order chi connectivity index (χ1) is 11.3. The van der Waals surface area contributed by atoms with Crippen molar-refractivity contribution in [2.75, 3.05) is 6.61 Å². The summed E-state index contributed by atoms with van der Waals surface area (Å²) in [4.78, 5) is 12.6. The molecule has 23 heavy (non-hydrogen) atoms. The minimum Gasteiger partial charge on any atom is -0.493 e. The molecule has 4 nitrogen and oxygen atoms in total. The topological polar surface area (TPSA) is 47.6 Å². The summed E-state index contributed by atoms with van der Waals surface area (Å²) in [6.07, 6.45) is 0.892. The first kappa shape index (κ1) is 15.4. The molecular formula is C19H21NO3. The predicted molar refractivity (Wildman–Crippen MR) is 88.6 cm³/mol. The summed E-state index contributed by atoms with van der Waals surface area (Å²) >= 11 is 0. The number of hydrogen-bond donors (Lipinski definition) is 1. The average molecular weight is 311 g/mol. The molecule has 0 spiro atoms. The molecule has 0 saturated heterocycles. The summed E-state index contributed by atoms with van der Waals surface area (Å²) in [7, 11) is 0. The predicted octanol–water partition coefficient (Wildman–Crippen LogP) is 3.48. The second-order valence-electron chi connectivity index (χ2n) is 5.56. The maximum absolute atomic E-state index is 12.6. The summed E-state index contributed by atoms with van der Waals surface area (Å²) in [5, 5.41) is 3.10. The third kappa shape index (κ3) is 3.65. The highest BCUT2D eigenvalue weighted by Gasteiger charge is 2.26. The third-order valence-electron chi connectivity index (χ3n) is 3.96. The highest BCUT2D eigenvalue weighted by Crippen LogP contribution is 2.31. The van der Waals surface area contributed by atoms with E-state index in [-0.39, 0.29) is 11.9 Å². The molecule has 0 radical (unpaired) electrons. The van der Waals surface area contributed by atoms with E-state index in [1.165, 1.54) is 0 Å². The molecule has 1 aliphatic heterocycles. The smallest absolute Gasteiger partial charge is 0.261 e. The van der Waals surface area contributed by atoms with Gasteiger partial charge in [-0.15, -0.1) is 0 Å². The lowest BCUT2D eigenvalue weighted by Gasteiger charge is -2.28. The zero-order valence-corrected chi connectivity index (χ0v) is 13.2. The Kier molecular flexibility index (Phi) is 4.81. The Morgan fingerprint density at radius 1 is 1.22 bits per heavy atom. The summed E-state index contributed by atoms with van der Waals surface area (Å²) in [5.74, 6) is 1.47. The Balaban J connectivity index is 1.68. The minimum atomic E-state index is -0.493. The van der Waals surface area contributed by atoms with Crippen LogP contribution in [0, 0.1) is 0 Å². The van der Waals surface area contributed by atoms with E-state index in [0.29, 0.717) is 18.8 Å². The number of rotatable bonds is 5. The van der Waals surface area contributed by atoms with Crippen LogP contribution in [0.1, 0.15) is 31.4 Å². The van der Waals surface area contributed by atoms with E-state index in [4.69, 9.17) is 9.47 Å². The Labute approximate surface area is 136 Å². The number of nitrogens with one attached hydrogen (secondary N) is 1. The fourth-order valence-corrected chi connectivity index (χ4v) is 2.74. The number of ether oxygens (including phenoxy) is 2. The number of fused-ring (bicyclic) bond motifs is 1. The van der Waals surface area contributed by atoms with Crippen LogP contribution in [0.4, 0.5) is 0 Å². The Bertz CT molecular complexity index is 657. The lowest BCUT2D eigenvalue weighted by atomic mass is 10.0. The lowest BCUT2D eigenvalue weighted by molar-refractivity contribution is -0.129. The molecule has 4 heteroatoms. The van der Waals surface area contributed by atoms with Gasteiger partial charge in [0.2, 0.25) is 0 Å². The van der Waals surface area contributed by atoms with Gasteiger partial charge in [0.25, 0.3) is 5.91 Å². The van der Waals surface area contributed by atoms with Crippen LogP contribution in [0.5, 0.6) is 11.5 Å². The minimum absolute atomic E-state index is 0.0270. The van der Waals surface area contributed by atoms with Crippen molar-refractivity contribution in [3.8, 4) is 11.5 Å². The normalized spacial score (nSPS) is 17.5. The van der Waals surface area contributed by atoms with E-state index in [2.05, 4.69) is 5.32 Å². The van der Waals surface area contributed by atoms with Gasteiger partial charge in [-0.25, -0.2) is 0 Å². The van der Waals surface area contributed by atoms with Crippen LogP contribution in [0.25, 0.3) is 0 Å². The van der Waals surface area contributed by atoms with E-state index in [0.717, 1.165) is 17.7 Å². The van der Waals surface area contributed by atoms with Gasteiger partial charge < -0.3 is 14.8 Å². The SMILES string of the molecule is CC[C@H](Oc1ccccc1)C(=O)N[C@@H]1CCOc2ccccc21. The van der Waals surface area contributed by atoms with Gasteiger partial charge in [0, 0.05) is 12.0 Å².